The fourth-order valence-corrected chi connectivity index (χ4v) is 3.70. The minimum absolute atomic E-state index is 0.567. The van der Waals surface area contributed by atoms with Gasteiger partial charge >= 0.3 is 0 Å². The van der Waals surface area contributed by atoms with Crippen LogP contribution in [0.3, 0.4) is 0 Å². The Kier molecular flexibility index (Phi) is 5.98. The quantitative estimate of drug-likeness (QED) is 0.830. The van der Waals surface area contributed by atoms with E-state index in [1.807, 2.05) is 18.0 Å². The van der Waals surface area contributed by atoms with E-state index in [9.17, 15) is 0 Å². The van der Waals surface area contributed by atoms with E-state index >= 15 is 0 Å². The lowest BCUT2D eigenvalue weighted by molar-refractivity contribution is 0.653. The SMILES string of the molecule is CCCNCc1cc(Br)cnc1N1CCSCC1C. The molecule has 0 amide bonds. The second-order valence-electron chi connectivity index (χ2n) is 4.93. The second kappa shape index (κ2) is 7.50. The van der Waals surface area contributed by atoms with Crippen molar-refractivity contribution in [2.45, 2.75) is 32.9 Å². The molecule has 0 bridgehead atoms. The highest BCUT2D eigenvalue weighted by Gasteiger charge is 2.22. The number of anilines is 1. The largest absolute Gasteiger partial charge is 0.352 e. The highest BCUT2D eigenvalue weighted by atomic mass is 79.9. The van der Waals surface area contributed by atoms with Gasteiger partial charge in [0.15, 0.2) is 0 Å². The van der Waals surface area contributed by atoms with Gasteiger partial charge in [-0.1, -0.05) is 6.92 Å². The molecule has 5 heteroatoms. The number of pyridine rings is 1. The third kappa shape index (κ3) is 4.10. The van der Waals surface area contributed by atoms with Gasteiger partial charge in [0.05, 0.1) is 0 Å². The fraction of sp³-hybridized carbons (Fsp3) is 0.643. The van der Waals surface area contributed by atoms with Crippen LogP contribution in [-0.2, 0) is 6.54 Å². The number of thioether (sulfide) groups is 1. The van der Waals surface area contributed by atoms with Gasteiger partial charge in [0.25, 0.3) is 0 Å². The highest BCUT2D eigenvalue weighted by molar-refractivity contribution is 9.10. The third-order valence-corrected chi connectivity index (χ3v) is 4.91. The number of hydrogen-bond acceptors (Lipinski definition) is 4. The average molecular weight is 344 g/mol. The molecule has 1 aromatic rings. The smallest absolute Gasteiger partial charge is 0.133 e. The van der Waals surface area contributed by atoms with Gasteiger partial charge in [0.2, 0.25) is 0 Å². The normalized spacial score (nSPS) is 19.7. The summed E-state index contributed by atoms with van der Waals surface area (Å²) in [5, 5.41) is 3.48. The fourth-order valence-electron chi connectivity index (χ4n) is 2.30. The van der Waals surface area contributed by atoms with Crippen LogP contribution in [0.5, 0.6) is 0 Å². The van der Waals surface area contributed by atoms with Gasteiger partial charge < -0.3 is 10.2 Å². The maximum atomic E-state index is 4.66. The number of hydrogen-bond donors (Lipinski definition) is 1. The first-order valence-electron chi connectivity index (χ1n) is 6.92. The third-order valence-electron chi connectivity index (χ3n) is 3.29. The number of nitrogens with zero attached hydrogens (tertiary/aromatic N) is 2. The summed E-state index contributed by atoms with van der Waals surface area (Å²) in [7, 11) is 0. The van der Waals surface area contributed by atoms with Gasteiger partial charge in [0.1, 0.15) is 5.82 Å². The molecular weight excluding hydrogens is 322 g/mol. The molecule has 1 fully saturated rings. The van der Waals surface area contributed by atoms with E-state index < -0.39 is 0 Å². The van der Waals surface area contributed by atoms with Crippen LogP contribution >= 0.6 is 27.7 Å². The zero-order valence-corrected chi connectivity index (χ0v) is 14.1. The van der Waals surface area contributed by atoms with E-state index in [1.54, 1.807) is 0 Å². The van der Waals surface area contributed by atoms with Crippen molar-refractivity contribution < 1.29 is 0 Å². The van der Waals surface area contributed by atoms with Gasteiger partial charge in [-0.15, -0.1) is 0 Å². The molecule has 2 rings (SSSR count). The number of nitrogens with one attached hydrogen (secondary N) is 1. The number of halogens is 1. The van der Waals surface area contributed by atoms with Crippen molar-refractivity contribution in [3.8, 4) is 0 Å². The average Bonchev–Trinajstić information content (AvgIpc) is 2.40. The molecule has 106 valence electrons. The first kappa shape index (κ1) is 15.1. The van der Waals surface area contributed by atoms with Crippen molar-refractivity contribution in [1.29, 1.82) is 0 Å². The van der Waals surface area contributed by atoms with E-state index in [2.05, 4.69) is 51.0 Å². The lowest BCUT2D eigenvalue weighted by atomic mass is 10.2. The molecular formula is C14H22BrN3S. The predicted molar refractivity (Wildman–Crippen MR) is 88.1 cm³/mol. The molecule has 2 heterocycles. The Bertz CT molecular complexity index is 414. The first-order valence-corrected chi connectivity index (χ1v) is 8.86. The monoisotopic (exact) mass is 343 g/mol. The molecule has 0 spiro atoms. The van der Waals surface area contributed by atoms with E-state index in [-0.39, 0.29) is 0 Å². The van der Waals surface area contributed by atoms with Crippen molar-refractivity contribution in [1.82, 2.24) is 10.3 Å². The maximum Gasteiger partial charge on any atom is 0.133 e. The van der Waals surface area contributed by atoms with E-state index in [0.29, 0.717) is 6.04 Å². The highest BCUT2D eigenvalue weighted by Crippen LogP contribution is 2.27. The van der Waals surface area contributed by atoms with Crippen LogP contribution < -0.4 is 10.2 Å². The van der Waals surface area contributed by atoms with Crippen LogP contribution in [0.15, 0.2) is 16.7 Å². The minimum atomic E-state index is 0.567. The van der Waals surface area contributed by atoms with Crippen molar-refractivity contribution >= 4 is 33.5 Å². The molecule has 19 heavy (non-hydrogen) atoms. The van der Waals surface area contributed by atoms with Crippen molar-refractivity contribution in [3.05, 3.63) is 22.3 Å². The van der Waals surface area contributed by atoms with Gasteiger partial charge in [-0.2, -0.15) is 11.8 Å². The number of aromatic nitrogens is 1. The van der Waals surface area contributed by atoms with Crippen molar-refractivity contribution in [2.75, 3.05) is 29.5 Å². The van der Waals surface area contributed by atoms with Gasteiger partial charge in [-0.05, 0) is 41.9 Å². The lowest BCUT2D eigenvalue weighted by Gasteiger charge is -2.35. The van der Waals surface area contributed by atoms with Crippen LogP contribution in [0.1, 0.15) is 25.8 Å². The maximum absolute atomic E-state index is 4.66. The van der Waals surface area contributed by atoms with Gasteiger partial charge in [-0.3, -0.25) is 0 Å². The van der Waals surface area contributed by atoms with E-state index in [0.717, 1.165) is 36.3 Å². The molecule has 1 atom stereocenters. The van der Waals surface area contributed by atoms with Crippen LogP contribution in [0.4, 0.5) is 5.82 Å². The Balaban J connectivity index is 2.17. The topological polar surface area (TPSA) is 28.2 Å². The van der Waals surface area contributed by atoms with E-state index in [1.165, 1.54) is 17.1 Å². The summed E-state index contributed by atoms with van der Waals surface area (Å²) >= 11 is 5.57. The molecule has 1 unspecified atom stereocenters. The standard InChI is InChI=1S/C14H22BrN3S/c1-3-4-16-8-12-7-13(15)9-17-14(12)18-5-6-19-10-11(18)2/h7,9,11,16H,3-6,8,10H2,1-2H3. The Hall–Kier alpha value is -0.260. The second-order valence-corrected chi connectivity index (χ2v) is 7.00. The van der Waals surface area contributed by atoms with Crippen molar-refractivity contribution in [3.63, 3.8) is 0 Å². The van der Waals surface area contributed by atoms with Gasteiger partial charge in [0, 0.05) is 46.9 Å². The number of rotatable bonds is 5. The Morgan fingerprint density at radius 2 is 2.42 bits per heavy atom. The molecule has 3 nitrogen and oxygen atoms in total. The summed E-state index contributed by atoms with van der Waals surface area (Å²) in [6.07, 6.45) is 3.07. The molecule has 1 aliphatic rings. The summed E-state index contributed by atoms with van der Waals surface area (Å²) in [6.45, 7) is 7.53. The molecule has 1 N–H and O–H groups in total. The molecule has 0 aliphatic carbocycles. The Morgan fingerprint density at radius 3 is 3.16 bits per heavy atom. The Labute approximate surface area is 128 Å². The Morgan fingerprint density at radius 1 is 1.58 bits per heavy atom. The van der Waals surface area contributed by atoms with Crippen LogP contribution in [0.2, 0.25) is 0 Å². The predicted octanol–water partition coefficient (Wildman–Crippen LogP) is 3.29. The summed E-state index contributed by atoms with van der Waals surface area (Å²) in [6, 6.07) is 2.76. The van der Waals surface area contributed by atoms with Crippen LogP contribution in [0.25, 0.3) is 0 Å². The first-order chi connectivity index (χ1) is 9.22. The summed E-state index contributed by atoms with van der Waals surface area (Å²) in [4.78, 5) is 7.11. The molecule has 0 radical (unpaired) electrons. The van der Waals surface area contributed by atoms with E-state index in [4.69, 9.17) is 0 Å². The minimum Gasteiger partial charge on any atom is -0.352 e. The molecule has 1 saturated heterocycles. The zero-order chi connectivity index (χ0) is 13.7. The lowest BCUT2D eigenvalue weighted by Crippen LogP contribution is -2.41. The molecule has 1 aliphatic heterocycles. The molecule has 1 aromatic heterocycles. The molecule has 0 aromatic carbocycles. The summed E-state index contributed by atoms with van der Waals surface area (Å²) in [5.74, 6) is 3.54. The van der Waals surface area contributed by atoms with Crippen LogP contribution in [0, 0.1) is 0 Å². The zero-order valence-electron chi connectivity index (χ0n) is 11.7. The van der Waals surface area contributed by atoms with Gasteiger partial charge in [-0.25, -0.2) is 4.98 Å². The molecule has 0 saturated carbocycles. The van der Waals surface area contributed by atoms with Crippen molar-refractivity contribution in [2.24, 2.45) is 0 Å². The summed E-state index contributed by atoms with van der Waals surface area (Å²) < 4.78 is 1.06. The summed E-state index contributed by atoms with van der Waals surface area (Å²) in [5.41, 5.74) is 1.29. The van der Waals surface area contributed by atoms with Crippen LogP contribution in [-0.4, -0.2) is 35.6 Å².